The van der Waals surface area contributed by atoms with Crippen molar-refractivity contribution >= 4 is 48.6 Å². The van der Waals surface area contributed by atoms with Gasteiger partial charge in [-0.3, -0.25) is 0 Å². The minimum Gasteiger partial charge on any atom is -0.435 e. The molecule has 2 rings (SSSR count). The van der Waals surface area contributed by atoms with Gasteiger partial charge in [-0.15, -0.1) is 0 Å². The number of halogens is 4. The Morgan fingerprint density at radius 1 is 1.13 bits per heavy atom. The van der Waals surface area contributed by atoms with Crippen LogP contribution in [0.15, 0.2) is 47.4 Å². The lowest BCUT2D eigenvalue weighted by atomic mass is 10.1. The molecule has 2 aromatic rings. The Bertz CT molecular complexity index is 934. The summed E-state index contributed by atoms with van der Waals surface area (Å²) in [5, 5.41) is 19.9. The molecule has 6 nitrogen and oxygen atoms in total. The zero-order valence-corrected chi connectivity index (χ0v) is 19.7. The third-order valence-corrected chi connectivity index (χ3v) is 6.25. The van der Waals surface area contributed by atoms with E-state index in [4.69, 9.17) is 11.6 Å². The van der Waals surface area contributed by atoms with Crippen molar-refractivity contribution in [2.24, 2.45) is 0 Å². The van der Waals surface area contributed by atoms with Crippen LogP contribution in [-0.4, -0.2) is 48.3 Å². The maximum atomic E-state index is 14.4. The Labute approximate surface area is 197 Å². The molecule has 2 atom stereocenters. The molecule has 176 valence electrons. The molecule has 2 aromatic carbocycles. The van der Waals surface area contributed by atoms with Crippen LogP contribution in [0.3, 0.4) is 0 Å². The number of benzene rings is 2. The summed E-state index contributed by atoms with van der Waals surface area (Å²) >= 11 is 5.78. The smallest absolute Gasteiger partial charge is 0.387 e. The topological polar surface area (TPSA) is 87.1 Å². The van der Waals surface area contributed by atoms with Crippen molar-refractivity contribution in [3.63, 3.8) is 0 Å². The van der Waals surface area contributed by atoms with Crippen molar-refractivity contribution < 1.29 is 36.5 Å². The van der Waals surface area contributed by atoms with Crippen LogP contribution in [0.5, 0.6) is 5.75 Å². The van der Waals surface area contributed by atoms with E-state index in [1.54, 1.807) is 0 Å². The fraction of sp³-hybridized carbons (Fsp3) is 0.333. The Morgan fingerprint density at radius 3 is 2.16 bits per heavy atom. The molecule has 0 aromatic heterocycles. The highest BCUT2D eigenvalue weighted by Crippen LogP contribution is 2.26. The standard InChI is InChI=1S/C18H19ClF3NO5S.2H2S/c1-11(25)17(10-24)23(29(26,27)15-6-3-13(19)4-7-15)9-12-2-5-14(8-16(12)20)28-18(21)22;;/h2-8,11,17-18,24-25H,9-10H2,1H3;2*1H2/t11-,17?;;/m0../s1. The molecule has 0 heterocycles. The van der Waals surface area contributed by atoms with Crippen LogP contribution in [0, 0.1) is 5.82 Å². The van der Waals surface area contributed by atoms with Gasteiger partial charge in [-0.1, -0.05) is 17.7 Å². The number of sulfonamides is 1. The molecule has 13 heteroatoms. The minimum atomic E-state index is -4.28. The Morgan fingerprint density at radius 2 is 1.71 bits per heavy atom. The van der Waals surface area contributed by atoms with E-state index in [2.05, 4.69) is 4.74 Å². The first-order valence-electron chi connectivity index (χ1n) is 8.35. The molecule has 0 aliphatic rings. The van der Waals surface area contributed by atoms with E-state index in [0.29, 0.717) is 11.1 Å². The van der Waals surface area contributed by atoms with Gasteiger partial charge in [-0.2, -0.15) is 40.1 Å². The first kappa shape index (κ1) is 29.9. The molecule has 0 aliphatic carbocycles. The van der Waals surface area contributed by atoms with E-state index in [0.717, 1.165) is 16.4 Å². The van der Waals surface area contributed by atoms with Crippen LogP contribution in [0.4, 0.5) is 13.2 Å². The quantitative estimate of drug-likeness (QED) is 0.529. The summed E-state index contributed by atoms with van der Waals surface area (Å²) in [6.45, 7) is -3.17. The van der Waals surface area contributed by atoms with E-state index in [1.165, 1.54) is 31.2 Å². The molecule has 0 aliphatic heterocycles. The number of alkyl halides is 2. The third-order valence-electron chi connectivity index (χ3n) is 4.11. The number of aliphatic hydroxyl groups excluding tert-OH is 2. The van der Waals surface area contributed by atoms with E-state index in [9.17, 15) is 31.8 Å². The van der Waals surface area contributed by atoms with Gasteiger partial charge in [0.2, 0.25) is 10.0 Å². The van der Waals surface area contributed by atoms with Gasteiger partial charge in [0.05, 0.1) is 23.6 Å². The highest BCUT2D eigenvalue weighted by atomic mass is 35.5. The lowest BCUT2D eigenvalue weighted by molar-refractivity contribution is -0.0500. The predicted molar refractivity (Wildman–Crippen MR) is 121 cm³/mol. The van der Waals surface area contributed by atoms with Gasteiger partial charge >= 0.3 is 6.61 Å². The zero-order valence-electron chi connectivity index (χ0n) is 16.2. The summed E-state index contributed by atoms with van der Waals surface area (Å²) < 4.78 is 70.0. The van der Waals surface area contributed by atoms with Crippen LogP contribution >= 0.6 is 38.6 Å². The molecular weight excluding hydrogens is 499 g/mol. The molecule has 0 spiro atoms. The van der Waals surface area contributed by atoms with Crippen LogP contribution in [-0.2, 0) is 16.6 Å². The van der Waals surface area contributed by atoms with Gasteiger partial charge in [0, 0.05) is 23.2 Å². The summed E-state index contributed by atoms with van der Waals surface area (Å²) in [6, 6.07) is 6.73. The number of hydrogen-bond acceptors (Lipinski definition) is 5. The first-order valence-corrected chi connectivity index (χ1v) is 10.2. The number of nitrogens with zero attached hydrogens (tertiary/aromatic N) is 1. The Balaban J connectivity index is 0.00000450. The molecule has 0 saturated carbocycles. The molecule has 1 unspecified atom stereocenters. The van der Waals surface area contributed by atoms with Crippen molar-refractivity contribution in [2.45, 2.75) is 37.1 Å². The second-order valence-corrected chi connectivity index (χ2v) is 8.45. The van der Waals surface area contributed by atoms with E-state index in [1.807, 2.05) is 0 Å². The van der Waals surface area contributed by atoms with Crippen molar-refractivity contribution in [2.75, 3.05) is 6.61 Å². The first-order chi connectivity index (χ1) is 13.6. The fourth-order valence-electron chi connectivity index (χ4n) is 2.61. The van der Waals surface area contributed by atoms with Gasteiger partial charge in [-0.25, -0.2) is 12.8 Å². The molecule has 0 fully saturated rings. The predicted octanol–water partition coefficient (Wildman–Crippen LogP) is 3.24. The van der Waals surface area contributed by atoms with Gasteiger partial charge in [0.1, 0.15) is 11.6 Å². The van der Waals surface area contributed by atoms with Crippen LogP contribution < -0.4 is 4.74 Å². The molecule has 0 radical (unpaired) electrons. The summed E-state index contributed by atoms with van der Waals surface area (Å²) in [5.74, 6) is -1.41. The average molecular weight is 522 g/mol. The molecule has 0 amide bonds. The monoisotopic (exact) mass is 521 g/mol. The third kappa shape index (κ3) is 7.74. The maximum Gasteiger partial charge on any atom is 0.387 e. The summed E-state index contributed by atoms with van der Waals surface area (Å²) in [6.07, 6.45) is -1.29. The summed E-state index contributed by atoms with van der Waals surface area (Å²) in [5.41, 5.74) is -0.164. The van der Waals surface area contributed by atoms with Crippen molar-refractivity contribution in [1.29, 1.82) is 0 Å². The van der Waals surface area contributed by atoms with E-state index in [-0.39, 0.29) is 37.5 Å². The minimum absolute atomic E-state index is 0. The summed E-state index contributed by atoms with van der Waals surface area (Å²) in [4.78, 5) is -0.181. The van der Waals surface area contributed by atoms with Crippen molar-refractivity contribution in [1.82, 2.24) is 4.31 Å². The highest BCUT2D eigenvalue weighted by molar-refractivity contribution is 7.89. The molecule has 2 N–H and O–H groups in total. The van der Waals surface area contributed by atoms with Gasteiger partial charge in [0.25, 0.3) is 0 Å². The highest BCUT2D eigenvalue weighted by Gasteiger charge is 2.34. The Hall–Kier alpha value is -1.15. The van der Waals surface area contributed by atoms with Crippen LogP contribution in [0.25, 0.3) is 0 Å². The van der Waals surface area contributed by atoms with Gasteiger partial charge in [0.15, 0.2) is 0 Å². The van der Waals surface area contributed by atoms with Crippen LogP contribution in [0.1, 0.15) is 12.5 Å². The SMILES string of the molecule is C[C@H](O)C(CO)N(Cc1ccc(OC(F)F)cc1F)S(=O)(=O)c1ccc(Cl)cc1.S.S. The van der Waals surface area contributed by atoms with Crippen LogP contribution in [0.2, 0.25) is 5.02 Å². The lowest BCUT2D eigenvalue weighted by Gasteiger charge is -2.31. The number of hydrogen-bond donors (Lipinski definition) is 2. The summed E-state index contributed by atoms with van der Waals surface area (Å²) in [7, 11) is -4.28. The number of rotatable bonds is 9. The lowest BCUT2D eigenvalue weighted by Crippen LogP contribution is -2.47. The zero-order chi connectivity index (χ0) is 21.8. The molecule has 31 heavy (non-hydrogen) atoms. The molecule has 0 bridgehead atoms. The number of ether oxygens (including phenoxy) is 1. The molecular formula is C18H23ClF3NO5S3. The van der Waals surface area contributed by atoms with E-state index >= 15 is 0 Å². The average Bonchev–Trinajstić information content (AvgIpc) is 2.62. The second-order valence-electron chi connectivity index (χ2n) is 6.13. The largest absolute Gasteiger partial charge is 0.435 e. The van der Waals surface area contributed by atoms with Gasteiger partial charge in [-0.05, 0) is 37.3 Å². The normalized spacial score (nSPS) is 13.3. The van der Waals surface area contributed by atoms with Gasteiger partial charge < -0.3 is 14.9 Å². The van der Waals surface area contributed by atoms with Crippen molar-refractivity contribution in [3.8, 4) is 5.75 Å². The Kier molecular flexibility index (Phi) is 12.3. The van der Waals surface area contributed by atoms with E-state index < -0.39 is 53.5 Å². The fourth-order valence-corrected chi connectivity index (χ4v) is 4.39. The number of aliphatic hydroxyl groups is 2. The molecule has 0 saturated heterocycles. The maximum absolute atomic E-state index is 14.4. The van der Waals surface area contributed by atoms with Crippen molar-refractivity contribution in [3.05, 3.63) is 58.9 Å². The second kappa shape index (κ2) is 12.8.